The Bertz CT molecular complexity index is 590. The lowest BCUT2D eigenvalue weighted by Gasteiger charge is -2.37. The summed E-state index contributed by atoms with van der Waals surface area (Å²) in [5.41, 5.74) is 0.466. The molecule has 132 valence electrons. The third-order valence-electron chi connectivity index (χ3n) is 4.10. The van der Waals surface area contributed by atoms with Gasteiger partial charge in [0.1, 0.15) is 0 Å². The number of amides is 2. The number of nitrogens with one attached hydrogen (secondary N) is 1. The van der Waals surface area contributed by atoms with Crippen molar-refractivity contribution in [3.05, 3.63) is 28.7 Å². The van der Waals surface area contributed by atoms with E-state index in [0.717, 1.165) is 36.3 Å². The van der Waals surface area contributed by atoms with E-state index in [1.807, 2.05) is 49.9 Å². The molecule has 1 heterocycles. The standard InChI is InChI=1S/C18H26BrN3O2/c1-18(2,3)17(24)22-12-10-21(11-13-22)9-8-16(23)20-15-7-5-4-6-14(15)19/h4-7H,8-13H2,1-3H3,(H,20,23). The Morgan fingerprint density at radius 1 is 1.12 bits per heavy atom. The normalized spacial score (nSPS) is 16.1. The van der Waals surface area contributed by atoms with Crippen LogP contribution < -0.4 is 5.32 Å². The molecule has 1 N–H and O–H groups in total. The predicted octanol–water partition coefficient (Wildman–Crippen LogP) is 2.97. The molecule has 5 nitrogen and oxygen atoms in total. The highest BCUT2D eigenvalue weighted by atomic mass is 79.9. The molecular weight excluding hydrogens is 370 g/mol. The highest BCUT2D eigenvalue weighted by molar-refractivity contribution is 9.10. The molecule has 1 saturated heterocycles. The van der Waals surface area contributed by atoms with Gasteiger partial charge in [0.25, 0.3) is 0 Å². The number of para-hydroxylation sites is 1. The second-order valence-corrected chi connectivity index (χ2v) is 8.02. The second-order valence-electron chi connectivity index (χ2n) is 7.16. The van der Waals surface area contributed by atoms with Gasteiger partial charge in [-0.1, -0.05) is 32.9 Å². The first-order valence-corrected chi connectivity index (χ1v) is 9.13. The number of carbonyl (C=O) groups excluding carboxylic acids is 2. The van der Waals surface area contributed by atoms with Crippen LogP contribution in [0, 0.1) is 5.41 Å². The fourth-order valence-electron chi connectivity index (χ4n) is 2.68. The highest BCUT2D eigenvalue weighted by Gasteiger charge is 2.29. The fraction of sp³-hybridized carbons (Fsp3) is 0.556. The van der Waals surface area contributed by atoms with E-state index in [9.17, 15) is 9.59 Å². The summed E-state index contributed by atoms with van der Waals surface area (Å²) in [5.74, 6) is 0.212. The quantitative estimate of drug-likeness (QED) is 0.852. The fourth-order valence-corrected chi connectivity index (χ4v) is 3.07. The van der Waals surface area contributed by atoms with Crippen molar-refractivity contribution in [3.8, 4) is 0 Å². The monoisotopic (exact) mass is 395 g/mol. The minimum atomic E-state index is -0.328. The van der Waals surface area contributed by atoms with Crippen molar-refractivity contribution in [2.24, 2.45) is 5.41 Å². The van der Waals surface area contributed by atoms with Crippen LogP contribution in [0.25, 0.3) is 0 Å². The molecular formula is C18H26BrN3O2. The van der Waals surface area contributed by atoms with E-state index in [-0.39, 0.29) is 17.2 Å². The van der Waals surface area contributed by atoms with Crippen LogP contribution in [0.15, 0.2) is 28.7 Å². The number of hydrogen-bond donors (Lipinski definition) is 1. The number of piperazine rings is 1. The van der Waals surface area contributed by atoms with Gasteiger partial charge in [-0.05, 0) is 28.1 Å². The van der Waals surface area contributed by atoms with E-state index in [1.54, 1.807) is 0 Å². The molecule has 1 fully saturated rings. The molecule has 6 heteroatoms. The van der Waals surface area contributed by atoms with Crippen molar-refractivity contribution in [1.29, 1.82) is 0 Å². The highest BCUT2D eigenvalue weighted by Crippen LogP contribution is 2.21. The van der Waals surface area contributed by atoms with E-state index in [0.29, 0.717) is 13.0 Å². The second kappa shape index (κ2) is 8.12. The Balaban J connectivity index is 1.74. The van der Waals surface area contributed by atoms with E-state index in [1.165, 1.54) is 0 Å². The van der Waals surface area contributed by atoms with Crippen LogP contribution in [-0.2, 0) is 9.59 Å². The minimum Gasteiger partial charge on any atom is -0.340 e. The minimum absolute atomic E-state index is 0.00935. The van der Waals surface area contributed by atoms with Crippen molar-refractivity contribution >= 4 is 33.4 Å². The van der Waals surface area contributed by atoms with Gasteiger partial charge in [0.2, 0.25) is 11.8 Å². The number of anilines is 1. The lowest BCUT2D eigenvalue weighted by molar-refractivity contribution is -0.141. The smallest absolute Gasteiger partial charge is 0.228 e. The van der Waals surface area contributed by atoms with Crippen molar-refractivity contribution in [1.82, 2.24) is 9.80 Å². The zero-order valence-electron chi connectivity index (χ0n) is 14.6. The molecule has 1 aliphatic rings. The zero-order valence-corrected chi connectivity index (χ0v) is 16.2. The number of carbonyl (C=O) groups is 2. The van der Waals surface area contributed by atoms with Crippen LogP contribution in [0.3, 0.4) is 0 Å². The van der Waals surface area contributed by atoms with Crippen LogP contribution in [-0.4, -0.2) is 54.3 Å². The number of halogens is 1. The van der Waals surface area contributed by atoms with Crippen LogP contribution >= 0.6 is 15.9 Å². The Hall–Kier alpha value is -1.40. The largest absolute Gasteiger partial charge is 0.340 e. The molecule has 0 unspecified atom stereocenters. The Morgan fingerprint density at radius 2 is 1.75 bits per heavy atom. The van der Waals surface area contributed by atoms with Gasteiger partial charge in [-0.15, -0.1) is 0 Å². The summed E-state index contributed by atoms with van der Waals surface area (Å²) in [4.78, 5) is 28.5. The lowest BCUT2D eigenvalue weighted by atomic mass is 9.94. The van der Waals surface area contributed by atoms with Gasteiger partial charge >= 0.3 is 0 Å². The zero-order chi connectivity index (χ0) is 17.7. The van der Waals surface area contributed by atoms with Crippen LogP contribution in [0.5, 0.6) is 0 Å². The molecule has 1 aromatic rings. The first kappa shape index (κ1) is 18.9. The number of hydrogen-bond acceptors (Lipinski definition) is 3. The topological polar surface area (TPSA) is 52.7 Å². The molecule has 0 bridgehead atoms. The average Bonchev–Trinajstić information content (AvgIpc) is 2.54. The summed E-state index contributed by atoms with van der Waals surface area (Å²) in [5, 5.41) is 2.92. The van der Waals surface area contributed by atoms with Gasteiger partial charge < -0.3 is 10.2 Å². The van der Waals surface area contributed by atoms with Gasteiger partial charge in [0.05, 0.1) is 5.69 Å². The third-order valence-corrected chi connectivity index (χ3v) is 4.80. The van der Waals surface area contributed by atoms with Gasteiger partial charge in [-0.2, -0.15) is 0 Å². The van der Waals surface area contributed by atoms with E-state index in [4.69, 9.17) is 0 Å². The summed E-state index contributed by atoms with van der Waals surface area (Å²) < 4.78 is 0.882. The van der Waals surface area contributed by atoms with Gasteiger partial charge in [0, 0.05) is 49.0 Å². The number of nitrogens with zero attached hydrogens (tertiary/aromatic N) is 2. The number of rotatable bonds is 4. The van der Waals surface area contributed by atoms with Gasteiger partial charge in [-0.25, -0.2) is 0 Å². The van der Waals surface area contributed by atoms with Gasteiger partial charge in [-0.3, -0.25) is 14.5 Å². The summed E-state index contributed by atoms with van der Waals surface area (Å²) in [6, 6.07) is 7.59. The van der Waals surface area contributed by atoms with E-state index < -0.39 is 0 Å². The first-order valence-electron chi connectivity index (χ1n) is 8.33. The third kappa shape index (κ3) is 5.31. The Kier molecular flexibility index (Phi) is 6.40. The molecule has 24 heavy (non-hydrogen) atoms. The summed E-state index contributed by atoms with van der Waals surface area (Å²) in [6.45, 7) is 9.70. The maximum atomic E-state index is 12.3. The van der Waals surface area contributed by atoms with Gasteiger partial charge in [0.15, 0.2) is 0 Å². The van der Waals surface area contributed by atoms with Crippen LogP contribution in [0.4, 0.5) is 5.69 Å². The maximum Gasteiger partial charge on any atom is 0.228 e. The molecule has 0 aromatic heterocycles. The van der Waals surface area contributed by atoms with Crippen LogP contribution in [0.2, 0.25) is 0 Å². The van der Waals surface area contributed by atoms with E-state index in [2.05, 4.69) is 26.1 Å². The maximum absolute atomic E-state index is 12.3. The first-order chi connectivity index (χ1) is 11.3. The van der Waals surface area contributed by atoms with Crippen molar-refractivity contribution < 1.29 is 9.59 Å². The molecule has 0 saturated carbocycles. The van der Waals surface area contributed by atoms with E-state index >= 15 is 0 Å². The molecule has 0 radical (unpaired) electrons. The molecule has 2 amide bonds. The average molecular weight is 396 g/mol. The van der Waals surface area contributed by atoms with Crippen LogP contribution in [0.1, 0.15) is 27.2 Å². The Morgan fingerprint density at radius 3 is 2.33 bits per heavy atom. The SMILES string of the molecule is CC(C)(C)C(=O)N1CCN(CCC(=O)Nc2ccccc2Br)CC1. The van der Waals surface area contributed by atoms with Crippen molar-refractivity contribution in [3.63, 3.8) is 0 Å². The molecule has 1 aliphatic heterocycles. The molecule has 0 aliphatic carbocycles. The summed E-state index contributed by atoms with van der Waals surface area (Å²) >= 11 is 3.43. The predicted molar refractivity (Wildman–Crippen MR) is 99.9 cm³/mol. The molecule has 0 atom stereocenters. The summed E-state index contributed by atoms with van der Waals surface area (Å²) in [7, 11) is 0. The summed E-state index contributed by atoms with van der Waals surface area (Å²) in [6.07, 6.45) is 0.453. The van der Waals surface area contributed by atoms with Crippen molar-refractivity contribution in [2.45, 2.75) is 27.2 Å². The van der Waals surface area contributed by atoms with Crippen molar-refractivity contribution in [2.75, 3.05) is 38.0 Å². The molecule has 0 spiro atoms. The Labute approximate surface area is 152 Å². The number of benzene rings is 1. The molecule has 1 aromatic carbocycles. The molecule has 2 rings (SSSR count). The lowest BCUT2D eigenvalue weighted by Crippen LogP contribution is -2.51.